The van der Waals surface area contributed by atoms with Crippen LogP contribution in [0.1, 0.15) is 12.8 Å². The lowest BCUT2D eigenvalue weighted by Gasteiger charge is -2.30. The molecule has 1 aromatic rings. The molecule has 2 N–H and O–H groups in total. The Hall–Kier alpha value is -1.37. The summed E-state index contributed by atoms with van der Waals surface area (Å²) in [7, 11) is -2.93. The van der Waals surface area contributed by atoms with Crippen molar-refractivity contribution in [2.24, 2.45) is 0 Å². The van der Waals surface area contributed by atoms with Gasteiger partial charge < -0.3 is 10.6 Å². The predicted molar refractivity (Wildman–Crippen MR) is 66.5 cm³/mol. The van der Waals surface area contributed by atoms with Gasteiger partial charge in [0, 0.05) is 25.5 Å². The molecular weight excluding hydrogens is 240 g/mol. The zero-order valence-corrected chi connectivity index (χ0v) is 10.5. The van der Waals surface area contributed by atoms with Gasteiger partial charge in [-0.05, 0) is 18.9 Å². The lowest BCUT2D eigenvalue weighted by atomic mass is 10.1. The van der Waals surface area contributed by atoms with Crippen LogP contribution in [-0.2, 0) is 9.84 Å². The fraction of sp³-hybridized carbons (Fsp3) is 0.600. The predicted octanol–water partition coefficient (Wildman–Crippen LogP) is 0.0722. The quantitative estimate of drug-likeness (QED) is 0.805. The fourth-order valence-corrected chi connectivity index (χ4v) is 3.07. The maximum atomic E-state index is 11.4. The van der Waals surface area contributed by atoms with Crippen LogP contribution in [0.4, 0.5) is 11.8 Å². The number of rotatable bonds is 2. The molecule has 0 atom stereocenters. The van der Waals surface area contributed by atoms with E-state index >= 15 is 0 Å². The van der Waals surface area contributed by atoms with Crippen LogP contribution in [0, 0.1) is 0 Å². The zero-order valence-electron chi connectivity index (χ0n) is 9.70. The Bertz CT molecular complexity index is 495. The highest BCUT2D eigenvalue weighted by molar-refractivity contribution is 7.91. The molecule has 17 heavy (non-hydrogen) atoms. The van der Waals surface area contributed by atoms with Crippen molar-refractivity contribution in [1.82, 2.24) is 9.97 Å². The van der Waals surface area contributed by atoms with Crippen LogP contribution in [0.15, 0.2) is 12.3 Å². The van der Waals surface area contributed by atoms with Crippen LogP contribution in [0.5, 0.6) is 0 Å². The summed E-state index contributed by atoms with van der Waals surface area (Å²) in [5, 5.41) is -0.236. The summed E-state index contributed by atoms with van der Waals surface area (Å²) in [6.07, 6.45) is 4.15. The maximum Gasteiger partial charge on any atom is 0.227 e. The van der Waals surface area contributed by atoms with E-state index in [0.29, 0.717) is 37.7 Å². The molecule has 6 nitrogen and oxygen atoms in total. The number of nitrogens with two attached hydrogens (primary N) is 1. The lowest BCUT2D eigenvalue weighted by molar-refractivity contribution is 0.530. The van der Waals surface area contributed by atoms with Crippen molar-refractivity contribution in [3.05, 3.63) is 12.3 Å². The summed E-state index contributed by atoms with van der Waals surface area (Å²) in [4.78, 5) is 10.2. The van der Waals surface area contributed by atoms with Gasteiger partial charge in [-0.3, -0.25) is 0 Å². The van der Waals surface area contributed by atoms with Crippen molar-refractivity contribution in [2.45, 2.75) is 18.1 Å². The van der Waals surface area contributed by atoms with Gasteiger partial charge in [0.25, 0.3) is 0 Å². The van der Waals surface area contributed by atoms with Gasteiger partial charge in [0.05, 0.1) is 5.25 Å². The highest BCUT2D eigenvalue weighted by atomic mass is 32.2. The molecular formula is C10H16N4O2S. The van der Waals surface area contributed by atoms with Crippen LogP contribution in [-0.4, -0.2) is 43.0 Å². The normalized spacial score (nSPS) is 18.3. The van der Waals surface area contributed by atoms with Gasteiger partial charge in [0.15, 0.2) is 0 Å². The minimum absolute atomic E-state index is 0.236. The van der Waals surface area contributed by atoms with Crippen LogP contribution >= 0.6 is 0 Å². The maximum absolute atomic E-state index is 11.4. The molecule has 7 heteroatoms. The van der Waals surface area contributed by atoms with Gasteiger partial charge in [-0.2, -0.15) is 4.98 Å². The van der Waals surface area contributed by atoms with Crippen LogP contribution in [0.2, 0.25) is 0 Å². The Labute approximate surface area is 101 Å². The number of nitrogen functional groups attached to an aromatic ring is 1. The SMILES string of the molecule is CS(=O)(=O)C1CCN(c2nccc(N)n2)CC1. The molecule has 1 saturated heterocycles. The van der Waals surface area contributed by atoms with Crippen molar-refractivity contribution in [2.75, 3.05) is 30.0 Å². The molecule has 0 aliphatic carbocycles. The van der Waals surface area contributed by atoms with E-state index in [9.17, 15) is 8.42 Å². The standard InChI is InChI=1S/C10H16N4O2S/c1-17(15,16)8-3-6-14(7-4-8)10-12-5-2-9(11)13-10/h2,5,8H,3-4,6-7H2,1H3,(H2,11,12,13). The summed E-state index contributed by atoms with van der Waals surface area (Å²) < 4.78 is 22.8. The molecule has 0 bridgehead atoms. The monoisotopic (exact) mass is 256 g/mol. The smallest absolute Gasteiger partial charge is 0.227 e. The van der Waals surface area contributed by atoms with E-state index in [1.807, 2.05) is 4.90 Å². The molecule has 2 heterocycles. The average Bonchev–Trinajstić information content (AvgIpc) is 2.28. The minimum Gasteiger partial charge on any atom is -0.384 e. The molecule has 0 saturated carbocycles. The second-order valence-corrected chi connectivity index (χ2v) is 6.62. The molecule has 0 spiro atoms. The first-order valence-electron chi connectivity index (χ1n) is 5.49. The number of hydrogen-bond acceptors (Lipinski definition) is 6. The van der Waals surface area contributed by atoms with Gasteiger partial charge >= 0.3 is 0 Å². The van der Waals surface area contributed by atoms with Crippen LogP contribution in [0.3, 0.4) is 0 Å². The molecule has 1 aromatic heterocycles. The number of anilines is 2. The minimum atomic E-state index is -2.93. The van der Waals surface area contributed by atoms with Gasteiger partial charge in [-0.25, -0.2) is 13.4 Å². The number of sulfone groups is 1. The van der Waals surface area contributed by atoms with Crippen molar-refractivity contribution < 1.29 is 8.42 Å². The third kappa shape index (κ3) is 2.85. The number of aromatic nitrogens is 2. The van der Waals surface area contributed by atoms with Crippen molar-refractivity contribution in [3.63, 3.8) is 0 Å². The summed E-state index contributed by atoms with van der Waals surface area (Å²) in [5.41, 5.74) is 5.59. The first-order chi connectivity index (χ1) is 7.97. The van der Waals surface area contributed by atoms with Crippen molar-refractivity contribution >= 4 is 21.6 Å². The molecule has 0 unspecified atom stereocenters. The van der Waals surface area contributed by atoms with E-state index < -0.39 is 9.84 Å². The first-order valence-corrected chi connectivity index (χ1v) is 7.44. The van der Waals surface area contributed by atoms with Crippen LogP contribution in [0.25, 0.3) is 0 Å². The topological polar surface area (TPSA) is 89.2 Å². The van der Waals surface area contributed by atoms with E-state index in [4.69, 9.17) is 5.73 Å². The Balaban J connectivity index is 2.05. The third-order valence-electron chi connectivity index (χ3n) is 2.99. The Morgan fingerprint density at radius 2 is 2.06 bits per heavy atom. The van der Waals surface area contributed by atoms with E-state index in [0.717, 1.165) is 0 Å². The molecule has 1 aliphatic heterocycles. The second kappa shape index (κ2) is 4.48. The molecule has 2 rings (SSSR count). The molecule has 1 aliphatic rings. The summed E-state index contributed by atoms with van der Waals surface area (Å²) in [5.74, 6) is 1.01. The van der Waals surface area contributed by atoms with Gasteiger partial charge in [0.2, 0.25) is 5.95 Å². The van der Waals surface area contributed by atoms with Crippen LogP contribution < -0.4 is 10.6 Å². The molecule has 1 fully saturated rings. The van der Waals surface area contributed by atoms with E-state index in [-0.39, 0.29) is 5.25 Å². The Kier molecular flexibility index (Phi) is 3.19. The van der Waals surface area contributed by atoms with Gasteiger partial charge in [-0.1, -0.05) is 0 Å². The Morgan fingerprint density at radius 1 is 1.41 bits per heavy atom. The molecule has 0 radical (unpaired) electrons. The first kappa shape index (κ1) is 12.1. The average molecular weight is 256 g/mol. The molecule has 0 aromatic carbocycles. The van der Waals surface area contributed by atoms with Gasteiger partial charge in [-0.15, -0.1) is 0 Å². The summed E-state index contributed by atoms with van der Waals surface area (Å²) in [6.45, 7) is 1.31. The van der Waals surface area contributed by atoms with Gasteiger partial charge in [0.1, 0.15) is 15.7 Å². The number of hydrogen-bond donors (Lipinski definition) is 1. The van der Waals surface area contributed by atoms with E-state index in [1.165, 1.54) is 6.26 Å². The molecule has 0 amide bonds. The number of piperidine rings is 1. The highest BCUT2D eigenvalue weighted by Gasteiger charge is 2.27. The molecule has 94 valence electrons. The summed E-state index contributed by atoms with van der Waals surface area (Å²) in [6, 6.07) is 1.63. The highest BCUT2D eigenvalue weighted by Crippen LogP contribution is 2.20. The fourth-order valence-electron chi connectivity index (χ4n) is 2.00. The number of nitrogens with zero attached hydrogens (tertiary/aromatic N) is 3. The van der Waals surface area contributed by atoms with Crippen molar-refractivity contribution in [3.8, 4) is 0 Å². The zero-order chi connectivity index (χ0) is 12.5. The second-order valence-electron chi connectivity index (χ2n) is 4.30. The van der Waals surface area contributed by atoms with E-state index in [2.05, 4.69) is 9.97 Å². The summed E-state index contributed by atoms with van der Waals surface area (Å²) >= 11 is 0. The van der Waals surface area contributed by atoms with Crippen molar-refractivity contribution in [1.29, 1.82) is 0 Å². The lowest BCUT2D eigenvalue weighted by Crippen LogP contribution is -2.39. The Morgan fingerprint density at radius 3 is 2.59 bits per heavy atom. The third-order valence-corrected chi connectivity index (χ3v) is 4.68. The van der Waals surface area contributed by atoms with E-state index in [1.54, 1.807) is 12.3 Å². The largest absolute Gasteiger partial charge is 0.384 e.